The molecule has 31 heavy (non-hydrogen) atoms. The summed E-state index contributed by atoms with van der Waals surface area (Å²) >= 11 is 0. The minimum absolute atomic E-state index is 0. The molecule has 1 saturated heterocycles. The molecule has 0 amide bonds. The Labute approximate surface area is 190 Å². The molecule has 4 nitrogen and oxygen atoms in total. The van der Waals surface area contributed by atoms with Crippen LogP contribution in [0.2, 0.25) is 0 Å². The summed E-state index contributed by atoms with van der Waals surface area (Å²) in [6.07, 6.45) is -0.479. The molecule has 8 heteroatoms. The molecule has 0 aliphatic carbocycles. The third-order valence-corrected chi connectivity index (χ3v) is 5.43. The first-order valence-electron chi connectivity index (χ1n) is 9.84. The summed E-state index contributed by atoms with van der Waals surface area (Å²) in [6, 6.07) is 17.2. The number of aromatic nitrogens is 1. The molecule has 1 fully saturated rings. The van der Waals surface area contributed by atoms with Gasteiger partial charge in [0.1, 0.15) is 0 Å². The van der Waals surface area contributed by atoms with Crippen molar-refractivity contribution in [1.82, 2.24) is 9.88 Å². The van der Waals surface area contributed by atoms with Crippen molar-refractivity contribution in [3.8, 4) is 5.75 Å². The maximum atomic E-state index is 12.2. The van der Waals surface area contributed by atoms with Crippen LogP contribution in [0.15, 0.2) is 48.5 Å². The SMILES string of the molecule is CO[C@H]1CCN([C@@H]2[CH-]c3ccccc3OC2)C1.FC(F)(F)c1cc2[c-]cccc2[nH]1.[Mn+2]. The summed E-state index contributed by atoms with van der Waals surface area (Å²) in [5.41, 5.74) is 0.935. The van der Waals surface area contributed by atoms with Gasteiger partial charge in [-0.3, -0.25) is 0 Å². The van der Waals surface area contributed by atoms with Crippen LogP contribution >= 0.6 is 0 Å². The molecular formula is C23H23F3MnN2O2. The Kier molecular flexibility index (Phi) is 7.59. The molecule has 3 heterocycles. The van der Waals surface area contributed by atoms with Crippen LogP contribution in [0, 0.1) is 12.5 Å². The minimum atomic E-state index is -4.31. The first-order chi connectivity index (χ1) is 14.4. The molecule has 165 valence electrons. The van der Waals surface area contributed by atoms with Gasteiger partial charge in [0.25, 0.3) is 0 Å². The van der Waals surface area contributed by atoms with Gasteiger partial charge in [0.15, 0.2) is 0 Å². The summed E-state index contributed by atoms with van der Waals surface area (Å²) in [4.78, 5) is 4.73. The second-order valence-corrected chi connectivity index (χ2v) is 7.40. The number of hydrogen-bond donors (Lipinski definition) is 1. The summed E-state index contributed by atoms with van der Waals surface area (Å²) in [5, 5.41) is 0.454. The maximum absolute atomic E-state index is 12.2. The number of halogens is 3. The average Bonchev–Trinajstić information content (AvgIpc) is 3.41. The number of methoxy groups -OCH3 is 1. The van der Waals surface area contributed by atoms with Crippen LogP contribution in [-0.4, -0.2) is 48.8 Å². The maximum Gasteiger partial charge on any atom is 2.00 e. The first-order valence-corrected chi connectivity index (χ1v) is 9.84. The van der Waals surface area contributed by atoms with Crippen LogP contribution < -0.4 is 4.74 Å². The zero-order valence-corrected chi connectivity index (χ0v) is 18.1. The van der Waals surface area contributed by atoms with E-state index in [1.54, 1.807) is 25.3 Å². The van der Waals surface area contributed by atoms with Crippen molar-refractivity contribution in [2.75, 3.05) is 26.8 Å². The van der Waals surface area contributed by atoms with Crippen LogP contribution in [0.4, 0.5) is 13.2 Å². The molecule has 0 unspecified atom stereocenters. The summed E-state index contributed by atoms with van der Waals surface area (Å²) in [7, 11) is 1.80. The predicted octanol–water partition coefficient (Wildman–Crippen LogP) is 4.71. The molecule has 3 aromatic rings. The van der Waals surface area contributed by atoms with E-state index in [2.05, 4.69) is 34.5 Å². The fourth-order valence-electron chi connectivity index (χ4n) is 3.79. The summed E-state index contributed by atoms with van der Waals surface area (Å²) in [5.74, 6) is 1.01. The summed E-state index contributed by atoms with van der Waals surface area (Å²) in [6.45, 7) is 2.88. The molecule has 5 rings (SSSR count). The number of alkyl halides is 3. The molecule has 2 aliphatic rings. The number of fused-ring (bicyclic) bond motifs is 2. The van der Waals surface area contributed by atoms with E-state index in [0.717, 1.165) is 37.9 Å². The number of likely N-dealkylation sites (tertiary alicyclic amines) is 1. The van der Waals surface area contributed by atoms with Gasteiger partial charge >= 0.3 is 23.2 Å². The molecule has 2 aromatic carbocycles. The number of benzene rings is 2. The topological polar surface area (TPSA) is 37.5 Å². The Bertz CT molecular complexity index is 959. The molecule has 0 spiro atoms. The number of ether oxygens (including phenoxy) is 2. The molecule has 1 N–H and O–H groups in total. The number of aromatic amines is 1. The number of H-pyrrole nitrogens is 1. The molecule has 0 bridgehead atoms. The van der Waals surface area contributed by atoms with Crippen LogP contribution in [0.3, 0.4) is 0 Å². The van der Waals surface area contributed by atoms with E-state index in [9.17, 15) is 13.2 Å². The number of nitrogens with zero attached hydrogens (tertiary/aromatic N) is 1. The normalized spacial score (nSPS) is 20.6. The number of nitrogens with one attached hydrogen (secondary N) is 1. The third kappa shape index (κ3) is 5.57. The van der Waals surface area contributed by atoms with Gasteiger partial charge in [0.05, 0.1) is 18.4 Å². The number of hydrogen-bond acceptors (Lipinski definition) is 3. The monoisotopic (exact) mass is 471 g/mol. The zero-order valence-electron chi connectivity index (χ0n) is 17.0. The molecule has 2 atom stereocenters. The van der Waals surface area contributed by atoms with E-state index >= 15 is 0 Å². The standard InChI is InChI=1S/C14H18NO2.C9H5F3N.Mn/c1-16-13-6-7-15(9-13)12-8-11-4-2-3-5-14(11)17-10-12;10-9(11,12)8-5-6-3-1-2-4-7(6)13-8;/h2-5,8,12-13H,6-7,9-10H2,1H3;1-2,4-5,13H;/q2*-1;+2/t12-,13+;;/m1../s1. The minimum Gasteiger partial charge on any atom is -0.550 e. The van der Waals surface area contributed by atoms with Crippen molar-refractivity contribution in [3.05, 3.63) is 72.3 Å². The van der Waals surface area contributed by atoms with Gasteiger partial charge in [0, 0.05) is 32.0 Å². The van der Waals surface area contributed by atoms with Crippen molar-refractivity contribution in [1.29, 1.82) is 0 Å². The van der Waals surface area contributed by atoms with Crippen molar-refractivity contribution >= 4 is 10.9 Å². The third-order valence-electron chi connectivity index (χ3n) is 5.43. The van der Waals surface area contributed by atoms with E-state index in [1.807, 2.05) is 12.1 Å². The van der Waals surface area contributed by atoms with Gasteiger partial charge in [-0.25, -0.2) is 0 Å². The van der Waals surface area contributed by atoms with Gasteiger partial charge < -0.3 is 19.4 Å². The van der Waals surface area contributed by atoms with Gasteiger partial charge in [-0.05, 0) is 11.9 Å². The van der Waals surface area contributed by atoms with E-state index < -0.39 is 11.9 Å². The quantitative estimate of drug-likeness (QED) is 0.435. The zero-order chi connectivity index (χ0) is 21.1. The van der Waals surface area contributed by atoms with Crippen LogP contribution in [0.25, 0.3) is 10.9 Å². The smallest absolute Gasteiger partial charge is 0.550 e. The van der Waals surface area contributed by atoms with E-state index in [0.29, 0.717) is 23.0 Å². The largest absolute Gasteiger partial charge is 2.00 e. The fourth-order valence-corrected chi connectivity index (χ4v) is 3.79. The molecular weight excluding hydrogens is 448 g/mol. The van der Waals surface area contributed by atoms with Crippen molar-refractivity contribution in [3.63, 3.8) is 0 Å². The van der Waals surface area contributed by atoms with Gasteiger partial charge in [-0.15, -0.1) is 47.3 Å². The van der Waals surface area contributed by atoms with E-state index in [4.69, 9.17) is 9.47 Å². The van der Waals surface area contributed by atoms with Crippen LogP contribution in [0.5, 0.6) is 5.75 Å². The Morgan fingerprint density at radius 1 is 1.23 bits per heavy atom. The van der Waals surface area contributed by atoms with E-state index in [1.165, 1.54) is 5.56 Å². The van der Waals surface area contributed by atoms with Crippen molar-refractivity contribution in [2.45, 2.75) is 24.7 Å². The van der Waals surface area contributed by atoms with Crippen LogP contribution in [-0.2, 0) is 28.0 Å². The Balaban J connectivity index is 0.000000176. The molecule has 2 aliphatic heterocycles. The first kappa shape index (κ1) is 23.5. The second kappa shape index (κ2) is 10.0. The summed E-state index contributed by atoms with van der Waals surface area (Å²) < 4.78 is 47.8. The molecule has 1 aromatic heterocycles. The average molecular weight is 471 g/mol. The Morgan fingerprint density at radius 2 is 2.03 bits per heavy atom. The Hall–Kier alpha value is -2.12. The molecule has 0 saturated carbocycles. The number of para-hydroxylation sites is 1. The number of rotatable bonds is 2. The molecule has 1 radical (unpaired) electrons. The fraction of sp³-hybridized carbons (Fsp3) is 0.348. The second-order valence-electron chi connectivity index (χ2n) is 7.40. The van der Waals surface area contributed by atoms with Crippen molar-refractivity contribution in [2.24, 2.45) is 0 Å². The Morgan fingerprint density at radius 3 is 2.74 bits per heavy atom. The van der Waals surface area contributed by atoms with Gasteiger partial charge in [-0.1, -0.05) is 12.1 Å². The predicted molar refractivity (Wildman–Crippen MR) is 108 cm³/mol. The van der Waals surface area contributed by atoms with Crippen LogP contribution in [0.1, 0.15) is 17.7 Å². The van der Waals surface area contributed by atoms with Gasteiger partial charge in [-0.2, -0.15) is 25.7 Å². The van der Waals surface area contributed by atoms with Crippen molar-refractivity contribution < 1.29 is 39.7 Å². The van der Waals surface area contributed by atoms with E-state index in [-0.39, 0.29) is 17.1 Å². The van der Waals surface area contributed by atoms with Gasteiger partial charge in [0.2, 0.25) is 0 Å².